The number of nitrogens with zero attached hydrogens (tertiary/aromatic N) is 4. The lowest BCUT2D eigenvalue weighted by Crippen LogP contribution is -2.52. The first-order valence-corrected chi connectivity index (χ1v) is 23.9. The van der Waals surface area contributed by atoms with Crippen molar-refractivity contribution >= 4 is 53.1 Å². The summed E-state index contributed by atoms with van der Waals surface area (Å²) >= 11 is 6.75. The molecule has 12 heteroatoms. The van der Waals surface area contributed by atoms with Crippen molar-refractivity contribution in [2.45, 2.75) is 69.2 Å². The molecular weight excluding hydrogens is 792 g/mol. The van der Waals surface area contributed by atoms with E-state index in [1.807, 2.05) is 84.9 Å². The Morgan fingerprint density at radius 1 is 0.950 bits per heavy atom. The van der Waals surface area contributed by atoms with Crippen molar-refractivity contribution in [1.82, 2.24) is 14.7 Å². The average molecular weight is 839 g/mol. The smallest absolute Gasteiger partial charge is 0.279 e. The summed E-state index contributed by atoms with van der Waals surface area (Å²) in [6.45, 7) is 7.15. The van der Waals surface area contributed by atoms with Gasteiger partial charge in [-0.3, -0.25) is 14.4 Å². The van der Waals surface area contributed by atoms with Crippen molar-refractivity contribution in [3.63, 3.8) is 0 Å². The SMILES string of the molecule is COc1ccc([Si](C)(C)[C@H]2[C@H](CC(=O)N3Cc4ccccc4C[C@H]3CO)O[C@@]3(C(=O)N(Cc4ccc(-n5ncc6ccccc6c5=O)cc4)c4ccc(Cl)cc43)[C@@H]2C)cc1. The second-order valence-electron chi connectivity index (χ2n) is 16.9. The van der Waals surface area contributed by atoms with Crippen LogP contribution in [0, 0.1) is 5.92 Å². The van der Waals surface area contributed by atoms with E-state index in [9.17, 15) is 14.7 Å². The van der Waals surface area contributed by atoms with E-state index in [-0.39, 0.29) is 54.4 Å². The molecule has 5 aromatic carbocycles. The molecular formula is C48H47ClN4O6Si. The van der Waals surface area contributed by atoms with Crippen LogP contribution >= 0.6 is 11.6 Å². The number of methoxy groups -OCH3 is 1. The standard InChI is InChI=1S/C48H47ClN4O6Si/c1-30-45(60(3,4)39-20-18-38(58-2)19-21-39)43(25-44(55)51-28-34-11-6-5-9-32(34)23-37(51)29-54)59-48(30)41-24-35(49)15-22-42(41)52(47(48)57)27-31-13-16-36(17-14-31)53-46(56)40-12-8-7-10-33(40)26-50-53/h5-22,24,26,30,37,43,45,54H,23,25,27-29H2,1-4H3/t30-,37+,43+,45-,48+/m1/s1. The number of aromatic nitrogens is 2. The fourth-order valence-electron chi connectivity index (χ4n) is 10.2. The Morgan fingerprint density at radius 2 is 1.67 bits per heavy atom. The molecule has 9 rings (SSSR count). The summed E-state index contributed by atoms with van der Waals surface area (Å²) in [6, 6.07) is 36.2. The molecule has 3 aliphatic rings. The Labute approximate surface area is 354 Å². The van der Waals surface area contributed by atoms with Gasteiger partial charge in [-0.15, -0.1) is 0 Å². The van der Waals surface area contributed by atoms with Crippen molar-refractivity contribution in [2.24, 2.45) is 5.92 Å². The summed E-state index contributed by atoms with van der Waals surface area (Å²) in [7, 11) is -0.915. The number of rotatable bonds is 9. The molecule has 10 nitrogen and oxygen atoms in total. The van der Waals surface area contributed by atoms with E-state index in [1.165, 1.54) is 4.68 Å². The van der Waals surface area contributed by atoms with Crippen molar-refractivity contribution in [3.05, 3.63) is 159 Å². The minimum Gasteiger partial charge on any atom is -0.497 e. The lowest BCUT2D eigenvalue weighted by atomic mass is 9.82. The van der Waals surface area contributed by atoms with Gasteiger partial charge < -0.3 is 24.4 Å². The number of aliphatic hydroxyl groups is 1. The predicted molar refractivity (Wildman–Crippen MR) is 236 cm³/mol. The van der Waals surface area contributed by atoms with E-state index in [0.717, 1.165) is 33.0 Å². The number of fused-ring (bicyclic) bond motifs is 4. The number of hydrogen-bond donors (Lipinski definition) is 1. The van der Waals surface area contributed by atoms with Crippen molar-refractivity contribution in [1.29, 1.82) is 0 Å². The molecule has 0 radical (unpaired) electrons. The molecule has 0 saturated carbocycles. The number of hydrogen-bond acceptors (Lipinski definition) is 7. The van der Waals surface area contributed by atoms with E-state index in [4.69, 9.17) is 21.1 Å². The molecule has 1 aromatic heterocycles. The van der Waals surface area contributed by atoms with Gasteiger partial charge >= 0.3 is 0 Å². The fraction of sp³-hybridized carbons (Fsp3) is 0.292. The zero-order valence-corrected chi connectivity index (χ0v) is 35.8. The van der Waals surface area contributed by atoms with Crippen LogP contribution in [0.4, 0.5) is 5.69 Å². The first-order chi connectivity index (χ1) is 28.9. The first kappa shape index (κ1) is 39.8. The van der Waals surface area contributed by atoms with Gasteiger partial charge in [0.2, 0.25) is 5.91 Å². The minimum atomic E-state index is -2.56. The Kier molecular flexibility index (Phi) is 10.3. The van der Waals surface area contributed by atoms with E-state index in [1.54, 1.807) is 35.2 Å². The van der Waals surface area contributed by atoms with Crippen LogP contribution in [0.15, 0.2) is 126 Å². The molecule has 5 atom stereocenters. The summed E-state index contributed by atoms with van der Waals surface area (Å²) in [4.78, 5) is 46.9. The highest BCUT2D eigenvalue weighted by Gasteiger charge is 2.66. The number of halogens is 1. The van der Waals surface area contributed by atoms with Crippen LogP contribution in [0.1, 0.15) is 35.6 Å². The monoisotopic (exact) mass is 838 g/mol. The third-order valence-corrected chi connectivity index (χ3v) is 17.9. The van der Waals surface area contributed by atoms with Crippen LogP contribution < -0.4 is 20.4 Å². The molecule has 0 aliphatic carbocycles. The fourth-order valence-corrected chi connectivity index (χ4v) is 14.4. The van der Waals surface area contributed by atoms with Crippen molar-refractivity contribution in [2.75, 3.05) is 18.6 Å². The number of amides is 2. The minimum absolute atomic E-state index is 0.0504. The Bertz CT molecular complexity index is 2690. The van der Waals surface area contributed by atoms with E-state index >= 15 is 4.79 Å². The second-order valence-corrected chi connectivity index (χ2v) is 22.0. The van der Waals surface area contributed by atoms with E-state index in [2.05, 4.69) is 43.3 Å². The third-order valence-electron chi connectivity index (χ3n) is 13.3. The molecule has 1 N–H and O–H groups in total. The molecule has 3 aliphatic heterocycles. The number of anilines is 1. The zero-order valence-electron chi connectivity index (χ0n) is 34.0. The quantitative estimate of drug-likeness (QED) is 0.154. The molecule has 0 bridgehead atoms. The zero-order chi connectivity index (χ0) is 41.9. The number of ether oxygens (including phenoxy) is 2. The Morgan fingerprint density at radius 3 is 2.40 bits per heavy atom. The van der Waals surface area contributed by atoms with Gasteiger partial charge in [0, 0.05) is 28.4 Å². The normalized spacial score (nSPS) is 22.3. The highest BCUT2D eigenvalue weighted by atomic mass is 35.5. The maximum atomic E-state index is 15.4. The number of benzene rings is 5. The van der Waals surface area contributed by atoms with Crippen LogP contribution in [0.2, 0.25) is 23.7 Å². The van der Waals surface area contributed by atoms with Gasteiger partial charge in [-0.25, -0.2) is 0 Å². The van der Waals surface area contributed by atoms with Gasteiger partial charge in [0.05, 0.1) is 69.9 Å². The summed E-state index contributed by atoms with van der Waals surface area (Å²) in [5.74, 6) is 0.0823. The van der Waals surface area contributed by atoms with Crippen molar-refractivity contribution < 1.29 is 24.2 Å². The largest absolute Gasteiger partial charge is 0.497 e. The molecule has 6 aromatic rings. The van der Waals surface area contributed by atoms with Gasteiger partial charge in [-0.1, -0.05) is 104 Å². The predicted octanol–water partition coefficient (Wildman–Crippen LogP) is 7.15. The molecule has 4 heterocycles. The number of aliphatic hydroxyl groups excluding tert-OH is 1. The van der Waals surface area contributed by atoms with E-state index < -0.39 is 19.8 Å². The highest BCUT2D eigenvalue weighted by Crippen LogP contribution is 2.60. The Hall–Kier alpha value is -5.59. The molecule has 1 fully saturated rings. The molecule has 306 valence electrons. The van der Waals surface area contributed by atoms with Crippen LogP contribution in [-0.4, -0.2) is 65.5 Å². The highest BCUT2D eigenvalue weighted by molar-refractivity contribution is 6.91. The molecule has 2 amide bonds. The molecule has 60 heavy (non-hydrogen) atoms. The lowest BCUT2D eigenvalue weighted by Gasteiger charge is -2.39. The maximum Gasteiger partial charge on any atom is 0.279 e. The molecule has 0 unspecified atom stereocenters. The van der Waals surface area contributed by atoms with Gasteiger partial charge in [-0.05, 0) is 77.2 Å². The Balaban J connectivity index is 1.07. The van der Waals surface area contributed by atoms with E-state index in [0.29, 0.717) is 40.3 Å². The van der Waals surface area contributed by atoms with Gasteiger partial charge in [0.15, 0.2) is 5.60 Å². The van der Waals surface area contributed by atoms with Gasteiger partial charge in [0.25, 0.3) is 11.5 Å². The maximum absolute atomic E-state index is 15.4. The molecule has 1 saturated heterocycles. The van der Waals surface area contributed by atoms with Crippen LogP contribution in [0.5, 0.6) is 5.75 Å². The second kappa shape index (κ2) is 15.5. The van der Waals surface area contributed by atoms with Crippen LogP contribution in [0.25, 0.3) is 16.5 Å². The molecule has 1 spiro atoms. The van der Waals surface area contributed by atoms with Gasteiger partial charge in [-0.2, -0.15) is 9.78 Å². The summed E-state index contributed by atoms with van der Waals surface area (Å²) < 4.78 is 14.2. The van der Waals surface area contributed by atoms with Gasteiger partial charge in [0.1, 0.15) is 5.75 Å². The van der Waals surface area contributed by atoms with Crippen LogP contribution in [0.3, 0.4) is 0 Å². The first-order valence-electron chi connectivity index (χ1n) is 20.4. The summed E-state index contributed by atoms with van der Waals surface area (Å²) in [5.41, 5.74) is 3.25. The number of carbonyl (C=O) groups is 2. The van der Waals surface area contributed by atoms with Crippen LogP contribution in [-0.2, 0) is 39.4 Å². The average Bonchev–Trinajstić information content (AvgIpc) is 3.69. The third kappa shape index (κ3) is 6.55. The topological polar surface area (TPSA) is 114 Å². The summed E-state index contributed by atoms with van der Waals surface area (Å²) in [5, 5.41) is 17.9. The van der Waals surface area contributed by atoms with Crippen molar-refractivity contribution in [3.8, 4) is 11.4 Å². The number of carbonyl (C=O) groups excluding carboxylic acids is 2. The summed E-state index contributed by atoms with van der Waals surface area (Å²) in [6.07, 6.45) is 1.68. The lowest BCUT2D eigenvalue weighted by molar-refractivity contribution is -0.151.